The summed E-state index contributed by atoms with van der Waals surface area (Å²) in [5.74, 6) is 1.10. The van der Waals surface area contributed by atoms with Gasteiger partial charge >= 0.3 is 0 Å². The summed E-state index contributed by atoms with van der Waals surface area (Å²) in [4.78, 5) is 12.4. The van der Waals surface area contributed by atoms with Crippen molar-refractivity contribution in [3.05, 3.63) is 71.2 Å². The molecule has 3 aromatic rings. The van der Waals surface area contributed by atoms with Crippen LogP contribution in [0.25, 0.3) is 0 Å². The average Bonchev–Trinajstić information content (AvgIpc) is 3.45. The minimum atomic E-state index is -0.194. The van der Waals surface area contributed by atoms with E-state index in [1.54, 1.807) is 11.3 Å². The third-order valence-corrected chi connectivity index (χ3v) is 7.26. The minimum absolute atomic E-state index is 0. The first-order chi connectivity index (χ1) is 18.7. The van der Waals surface area contributed by atoms with Gasteiger partial charge in [-0.1, -0.05) is 113 Å². The molecule has 0 spiro atoms. The van der Waals surface area contributed by atoms with Crippen LogP contribution in [0.2, 0.25) is 0 Å². The van der Waals surface area contributed by atoms with Gasteiger partial charge in [0.2, 0.25) is 5.51 Å². The number of rotatable bonds is 20. The topological polar surface area (TPSA) is 51.4 Å². The largest absolute Gasteiger partial charge is 1.00 e. The molecule has 5 nitrogen and oxygen atoms in total. The van der Waals surface area contributed by atoms with Gasteiger partial charge in [0.15, 0.2) is 30.8 Å². The standard InChI is InChI=1S/C32H44N2O3S.BrH/c1-2-3-4-5-6-7-8-9-10-11-12-15-23-36-30-16-13-14-17-31(30)37-26-32(35)33-29-20-18-28(19-21-29)25-34-22-24-38-27-34;/h13-14,16-22,24,27H,2-12,15,23,25-26H2,1H3;1H. The molecule has 214 valence electrons. The van der Waals surface area contributed by atoms with Gasteiger partial charge < -0.3 is 31.8 Å². The van der Waals surface area contributed by atoms with Crippen molar-refractivity contribution in [2.45, 2.75) is 90.5 Å². The maximum Gasteiger partial charge on any atom is 0.262 e. The molecule has 0 unspecified atom stereocenters. The first-order valence-corrected chi connectivity index (χ1v) is 15.3. The Bertz CT molecular complexity index is 1030. The molecule has 1 N–H and O–H groups in total. The van der Waals surface area contributed by atoms with Gasteiger partial charge in [-0.15, -0.1) is 0 Å². The quantitative estimate of drug-likeness (QED) is 0.140. The van der Waals surface area contributed by atoms with Gasteiger partial charge in [-0.25, -0.2) is 0 Å². The van der Waals surface area contributed by atoms with Crippen LogP contribution in [0, 0.1) is 0 Å². The molecule has 0 saturated carbocycles. The molecular formula is C32H45BrN2O3S. The fourth-order valence-electron chi connectivity index (χ4n) is 4.41. The van der Waals surface area contributed by atoms with Gasteiger partial charge in [0.1, 0.15) is 0 Å². The summed E-state index contributed by atoms with van der Waals surface area (Å²) < 4.78 is 13.9. The van der Waals surface area contributed by atoms with Gasteiger partial charge in [-0.3, -0.25) is 4.79 Å². The van der Waals surface area contributed by atoms with Crippen LogP contribution in [0.1, 0.15) is 89.5 Å². The number of benzene rings is 2. The van der Waals surface area contributed by atoms with Crippen LogP contribution in [0.4, 0.5) is 5.69 Å². The van der Waals surface area contributed by atoms with Gasteiger partial charge in [-0.2, -0.15) is 4.57 Å². The number of ether oxygens (including phenoxy) is 2. The van der Waals surface area contributed by atoms with Crippen molar-refractivity contribution in [3.63, 3.8) is 0 Å². The highest BCUT2D eigenvalue weighted by molar-refractivity contribution is 7.07. The van der Waals surface area contributed by atoms with E-state index in [0.717, 1.165) is 18.7 Å². The Hall–Kier alpha value is -2.38. The van der Waals surface area contributed by atoms with Crippen molar-refractivity contribution in [2.24, 2.45) is 0 Å². The van der Waals surface area contributed by atoms with E-state index in [0.29, 0.717) is 18.1 Å². The van der Waals surface area contributed by atoms with E-state index < -0.39 is 0 Å². The number of carbonyl (C=O) groups excluding carboxylic acids is 1. The van der Waals surface area contributed by atoms with E-state index >= 15 is 0 Å². The van der Waals surface area contributed by atoms with Crippen LogP contribution < -0.4 is 36.3 Å². The molecule has 2 aromatic carbocycles. The SMILES string of the molecule is CCCCCCCCCCCCCCOc1ccccc1OCC(=O)Nc1ccc(C[n+]2ccsc2)cc1.[Br-]. The molecule has 0 aliphatic rings. The van der Waals surface area contributed by atoms with E-state index in [-0.39, 0.29) is 29.5 Å². The normalized spacial score (nSPS) is 10.6. The van der Waals surface area contributed by atoms with E-state index in [1.165, 1.54) is 76.2 Å². The van der Waals surface area contributed by atoms with Crippen molar-refractivity contribution in [3.8, 4) is 11.5 Å². The van der Waals surface area contributed by atoms with Crippen LogP contribution in [-0.4, -0.2) is 19.1 Å². The predicted molar refractivity (Wildman–Crippen MR) is 157 cm³/mol. The lowest BCUT2D eigenvalue weighted by Crippen LogP contribution is -3.00. The third-order valence-electron chi connectivity index (χ3n) is 6.59. The van der Waals surface area contributed by atoms with E-state index in [9.17, 15) is 4.79 Å². The second-order valence-electron chi connectivity index (χ2n) is 9.92. The lowest BCUT2D eigenvalue weighted by Gasteiger charge is -2.13. The summed E-state index contributed by atoms with van der Waals surface area (Å²) in [6.07, 6.45) is 17.9. The number of anilines is 1. The van der Waals surface area contributed by atoms with Crippen molar-refractivity contribution in [1.82, 2.24) is 0 Å². The molecule has 0 radical (unpaired) electrons. The monoisotopic (exact) mass is 616 g/mol. The number of hydrogen-bond acceptors (Lipinski definition) is 4. The Balaban J connectivity index is 0.00000533. The first-order valence-electron chi connectivity index (χ1n) is 14.4. The number of aromatic nitrogens is 1. The fraction of sp³-hybridized carbons (Fsp3) is 0.500. The number of amides is 1. The van der Waals surface area contributed by atoms with Crippen molar-refractivity contribution in [2.75, 3.05) is 18.5 Å². The van der Waals surface area contributed by atoms with Crippen LogP contribution in [0.3, 0.4) is 0 Å². The molecule has 1 aromatic heterocycles. The Morgan fingerprint density at radius 3 is 1.97 bits per heavy atom. The highest BCUT2D eigenvalue weighted by atomic mass is 79.9. The lowest BCUT2D eigenvalue weighted by molar-refractivity contribution is -0.683. The second kappa shape index (κ2) is 20.5. The highest BCUT2D eigenvalue weighted by Crippen LogP contribution is 2.26. The van der Waals surface area contributed by atoms with Gasteiger partial charge in [0.25, 0.3) is 5.91 Å². The second-order valence-corrected chi connectivity index (χ2v) is 10.7. The molecule has 0 aliphatic carbocycles. The highest BCUT2D eigenvalue weighted by Gasteiger charge is 2.09. The van der Waals surface area contributed by atoms with Crippen molar-refractivity contribution in [1.29, 1.82) is 0 Å². The zero-order valence-electron chi connectivity index (χ0n) is 23.4. The number of unbranched alkanes of at least 4 members (excludes halogenated alkanes) is 11. The summed E-state index contributed by atoms with van der Waals surface area (Å²) in [5, 5.41) is 4.96. The molecule has 7 heteroatoms. The third kappa shape index (κ3) is 14.0. The number of halogens is 1. The molecule has 0 fully saturated rings. The molecule has 0 bridgehead atoms. The van der Waals surface area contributed by atoms with Crippen LogP contribution in [0.15, 0.2) is 65.6 Å². The molecule has 1 amide bonds. The van der Waals surface area contributed by atoms with Gasteiger partial charge in [0.05, 0.1) is 12.0 Å². The zero-order valence-corrected chi connectivity index (χ0v) is 25.8. The molecule has 39 heavy (non-hydrogen) atoms. The van der Waals surface area contributed by atoms with Gasteiger partial charge in [0, 0.05) is 11.3 Å². The van der Waals surface area contributed by atoms with E-state index in [1.807, 2.05) is 48.5 Å². The number of para-hydroxylation sites is 2. The number of nitrogens with one attached hydrogen (secondary N) is 1. The average molecular weight is 618 g/mol. The zero-order chi connectivity index (χ0) is 26.7. The molecule has 0 atom stereocenters. The maximum atomic E-state index is 12.4. The van der Waals surface area contributed by atoms with E-state index in [4.69, 9.17) is 9.47 Å². The Labute approximate surface area is 249 Å². The first kappa shape index (κ1) is 32.8. The number of nitrogens with zero attached hydrogens (tertiary/aromatic N) is 1. The van der Waals surface area contributed by atoms with Crippen LogP contribution in [0.5, 0.6) is 11.5 Å². The Morgan fingerprint density at radius 1 is 0.795 bits per heavy atom. The molecule has 3 rings (SSSR count). The van der Waals surface area contributed by atoms with Crippen molar-refractivity contribution >= 4 is 22.9 Å². The Kier molecular flexibility index (Phi) is 17.3. The summed E-state index contributed by atoms with van der Waals surface area (Å²) in [6.45, 7) is 3.69. The van der Waals surface area contributed by atoms with E-state index in [2.05, 4.69) is 33.9 Å². The molecule has 0 aliphatic heterocycles. The minimum Gasteiger partial charge on any atom is -1.00 e. The van der Waals surface area contributed by atoms with Gasteiger partial charge in [-0.05, 0) is 30.7 Å². The molecular weight excluding hydrogens is 572 g/mol. The predicted octanol–water partition coefficient (Wildman–Crippen LogP) is 5.19. The lowest BCUT2D eigenvalue weighted by atomic mass is 10.1. The fourth-order valence-corrected chi connectivity index (χ4v) is 5.01. The van der Waals surface area contributed by atoms with Crippen LogP contribution >= 0.6 is 11.3 Å². The molecule has 0 saturated heterocycles. The summed E-state index contributed by atoms with van der Waals surface area (Å²) in [5.41, 5.74) is 4.02. The number of carbonyl (C=O) groups is 1. The summed E-state index contributed by atoms with van der Waals surface area (Å²) >= 11 is 1.67. The number of hydrogen-bond donors (Lipinski definition) is 1. The van der Waals surface area contributed by atoms with Crippen molar-refractivity contribution < 1.29 is 35.8 Å². The molecule has 1 heterocycles. The summed E-state index contributed by atoms with van der Waals surface area (Å²) in [7, 11) is 0. The smallest absolute Gasteiger partial charge is 0.262 e. The number of thiazole rings is 1. The Morgan fingerprint density at radius 2 is 1.38 bits per heavy atom. The summed E-state index contributed by atoms with van der Waals surface area (Å²) in [6, 6.07) is 15.5. The maximum absolute atomic E-state index is 12.4. The van der Waals surface area contributed by atoms with Crippen LogP contribution in [-0.2, 0) is 11.3 Å².